The smallest absolute Gasteiger partial charge is 0.166 e. The zero-order valence-corrected chi connectivity index (χ0v) is 10.1. The first-order valence-corrected chi connectivity index (χ1v) is 5.24. The summed E-state index contributed by atoms with van der Waals surface area (Å²) in [6.07, 6.45) is 0.427. The summed E-state index contributed by atoms with van der Waals surface area (Å²) in [6, 6.07) is 0. The van der Waals surface area contributed by atoms with Crippen molar-refractivity contribution >= 4 is 5.78 Å². The van der Waals surface area contributed by atoms with E-state index in [1.165, 1.54) is 0 Å². The number of hydrogen-bond acceptors (Lipinski definition) is 2. The number of carbonyl (C=O) groups is 1. The standard InChI is InChI=1S/C13H18O2/c1-6-11(14)12-9(4)7(2)8(3)10(5)13(12)15/h15H,6H2,1-5H3. The van der Waals surface area contributed by atoms with Gasteiger partial charge in [-0.3, -0.25) is 4.79 Å². The van der Waals surface area contributed by atoms with Crippen LogP contribution in [0.15, 0.2) is 0 Å². The fraction of sp³-hybridized carbons (Fsp3) is 0.462. The number of aromatic hydroxyl groups is 1. The van der Waals surface area contributed by atoms with Gasteiger partial charge in [-0.05, 0) is 49.9 Å². The van der Waals surface area contributed by atoms with Crippen LogP contribution in [0.3, 0.4) is 0 Å². The van der Waals surface area contributed by atoms with Crippen molar-refractivity contribution in [2.45, 2.75) is 41.0 Å². The Morgan fingerprint density at radius 2 is 1.47 bits per heavy atom. The number of phenols is 1. The normalized spacial score (nSPS) is 10.5. The van der Waals surface area contributed by atoms with E-state index < -0.39 is 0 Å². The van der Waals surface area contributed by atoms with Crippen molar-refractivity contribution in [2.75, 3.05) is 0 Å². The fourth-order valence-corrected chi connectivity index (χ4v) is 1.81. The molecule has 0 aromatic heterocycles. The van der Waals surface area contributed by atoms with Crippen molar-refractivity contribution in [3.05, 3.63) is 27.8 Å². The summed E-state index contributed by atoms with van der Waals surface area (Å²) in [6.45, 7) is 9.51. The monoisotopic (exact) mass is 206 g/mol. The molecule has 0 heterocycles. The van der Waals surface area contributed by atoms with Crippen LogP contribution in [0.25, 0.3) is 0 Å². The van der Waals surface area contributed by atoms with Gasteiger partial charge >= 0.3 is 0 Å². The number of benzene rings is 1. The summed E-state index contributed by atoms with van der Waals surface area (Å²) >= 11 is 0. The quantitative estimate of drug-likeness (QED) is 0.754. The van der Waals surface area contributed by atoms with Gasteiger partial charge in [-0.1, -0.05) is 6.92 Å². The minimum absolute atomic E-state index is 0.0104. The molecule has 1 aromatic rings. The molecule has 0 saturated carbocycles. The van der Waals surface area contributed by atoms with E-state index in [1.54, 1.807) is 0 Å². The SMILES string of the molecule is CCC(=O)c1c(C)c(C)c(C)c(C)c1O. The molecule has 0 bridgehead atoms. The summed E-state index contributed by atoms with van der Waals surface area (Å²) in [5, 5.41) is 9.96. The molecular weight excluding hydrogens is 188 g/mol. The van der Waals surface area contributed by atoms with Crippen LogP contribution in [0.1, 0.15) is 46.0 Å². The second-order valence-corrected chi connectivity index (χ2v) is 4.00. The fourth-order valence-electron chi connectivity index (χ4n) is 1.81. The summed E-state index contributed by atoms with van der Waals surface area (Å²) in [5.41, 5.74) is 4.38. The first-order valence-electron chi connectivity index (χ1n) is 5.24. The predicted octanol–water partition coefficient (Wildman–Crippen LogP) is 3.22. The average Bonchev–Trinajstić information content (AvgIpc) is 2.23. The van der Waals surface area contributed by atoms with Gasteiger partial charge in [0.15, 0.2) is 5.78 Å². The van der Waals surface area contributed by atoms with Crippen molar-refractivity contribution in [2.24, 2.45) is 0 Å². The van der Waals surface area contributed by atoms with E-state index in [0.717, 1.165) is 22.3 Å². The van der Waals surface area contributed by atoms with Gasteiger partial charge in [-0.15, -0.1) is 0 Å². The van der Waals surface area contributed by atoms with E-state index in [0.29, 0.717) is 12.0 Å². The van der Waals surface area contributed by atoms with Gasteiger partial charge in [-0.25, -0.2) is 0 Å². The third-order valence-electron chi connectivity index (χ3n) is 3.25. The first-order chi connectivity index (χ1) is 6.91. The lowest BCUT2D eigenvalue weighted by Gasteiger charge is -2.15. The number of hydrogen-bond donors (Lipinski definition) is 1. The average molecular weight is 206 g/mol. The van der Waals surface area contributed by atoms with Crippen molar-refractivity contribution in [1.29, 1.82) is 0 Å². The summed E-state index contributed by atoms with van der Waals surface area (Å²) < 4.78 is 0. The molecule has 0 aliphatic carbocycles. The van der Waals surface area contributed by atoms with Crippen molar-refractivity contribution in [3.8, 4) is 5.75 Å². The van der Waals surface area contributed by atoms with E-state index >= 15 is 0 Å². The lowest BCUT2D eigenvalue weighted by atomic mass is 9.91. The molecule has 0 aliphatic heterocycles. The largest absolute Gasteiger partial charge is 0.507 e. The van der Waals surface area contributed by atoms with E-state index in [-0.39, 0.29) is 11.5 Å². The Hall–Kier alpha value is -1.31. The molecule has 2 heteroatoms. The van der Waals surface area contributed by atoms with Gasteiger partial charge in [0.25, 0.3) is 0 Å². The maximum Gasteiger partial charge on any atom is 0.166 e. The molecule has 0 atom stereocenters. The number of phenolic OH excluding ortho intramolecular Hbond substituents is 1. The highest BCUT2D eigenvalue weighted by Gasteiger charge is 2.18. The molecule has 0 fully saturated rings. The van der Waals surface area contributed by atoms with E-state index in [9.17, 15) is 9.90 Å². The van der Waals surface area contributed by atoms with Crippen LogP contribution in [0.5, 0.6) is 5.75 Å². The van der Waals surface area contributed by atoms with E-state index in [2.05, 4.69) is 0 Å². The third kappa shape index (κ3) is 1.76. The second kappa shape index (κ2) is 4.05. The predicted molar refractivity (Wildman–Crippen MR) is 61.7 cm³/mol. The number of carbonyl (C=O) groups excluding carboxylic acids is 1. The zero-order chi connectivity index (χ0) is 11.7. The first kappa shape index (κ1) is 11.8. The van der Waals surface area contributed by atoms with Crippen LogP contribution in [0, 0.1) is 27.7 Å². The van der Waals surface area contributed by atoms with Crippen LogP contribution < -0.4 is 0 Å². The molecule has 0 saturated heterocycles. The van der Waals surface area contributed by atoms with Gasteiger partial charge in [0.05, 0.1) is 5.56 Å². The molecule has 2 nitrogen and oxygen atoms in total. The summed E-state index contributed by atoms with van der Waals surface area (Å²) in [5.74, 6) is 0.165. The van der Waals surface area contributed by atoms with E-state index in [1.807, 2.05) is 34.6 Å². The minimum atomic E-state index is 0.0104. The van der Waals surface area contributed by atoms with Crippen LogP contribution in [-0.2, 0) is 0 Å². The summed E-state index contributed by atoms with van der Waals surface area (Å²) in [4.78, 5) is 11.7. The number of rotatable bonds is 2. The Morgan fingerprint density at radius 3 is 1.93 bits per heavy atom. The molecule has 0 aliphatic rings. The maximum atomic E-state index is 11.7. The molecule has 0 amide bonds. The van der Waals surface area contributed by atoms with Crippen molar-refractivity contribution in [3.63, 3.8) is 0 Å². The zero-order valence-electron chi connectivity index (χ0n) is 10.1. The molecule has 1 aromatic carbocycles. The molecular formula is C13H18O2. The molecule has 0 radical (unpaired) electrons. The lowest BCUT2D eigenvalue weighted by Crippen LogP contribution is -2.05. The minimum Gasteiger partial charge on any atom is -0.507 e. The Balaban J connectivity index is 3.60. The van der Waals surface area contributed by atoms with Gasteiger partial charge in [0.2, 0.25) is 0 Å². The second-order valence-electron chi connectivity index (χ2n) is 4.00. The maximum absolute atomic E-state index is 11.7. The highest BCUT2D eigenvalue weighted by atomic mass is 16.3. The Bertz CT molecular complexity index is 388. The Morgan fingerprint density at radius 1 is 1.00 bits per heavy atom. The number of ketones is 1. The molecule has 15 heavy (non-hydrogen) atoms. The van der Waals surface area contributed by atoms with Crippen molar-refractivity contribution < 1.29 is 9.90 Å². The molecule has 1 rings (SSSR count). The van der Waals surface area contributed by atoms with Gasteiger partial charge in [-0.2, -0.15) is 0 Å². The van der Waals surface area contributed by atoms with Crippen molar-refractivity contribution in [1.82, 2.24) is 0 Å². The number of Topliss-reactive ketones (excluding diaryl/α,β-unsaturated/α-hetero) is 1. The topological polar surface area (TPSA) is 37.3 Å². The molecule has 82 valence electrons. The summed E-state index contributed by atoms with van der Waals surface area (Å²) in [7, 11) is 0. The van der Waals surface area contributed by atoms with Crippen LogP contribution in [0.2, 0.25) is 0 Å². The lowest BCUT2D eigenvalue weighted by molar-refractivity contribution is 0.0984. The van der Waals surface area contributed by atoms with E-state index in [4.69, 9.17) is 0 Å². The third-order valence-corrected chi connectivity index (χ3v) is 3.25. The highest BCUT2D eigenvalue weighted by Crippen LogP contribution is 2.32. The molecule has 0 spiro atoms. The van der Waals surface area contributed by atoms with Gasteiger partial charge in [0.1, 0.15) is 5.75 Å². The Labute approximate surface area is 90.9 Å². The van der Waals surface area contributed by atoms with Gasteiger partial charge < -0.3 is 5.11 Å². The Kier molecular flexibility index (Phi) is 3.18. The highest BCUT2D eigenvalue weighted by molar-refractivity contribution is 6.00. The van der Waals surface area contributed by atoms with Crippen LogP contribution in [0.4, 0.5) is 0 Å². The van der Waals surface area contributed by atoms with Crippen LogP contribution in [-0.4, -0.2) is 10.9 Å². The van der Waals surface area contributed by atoms with Gasteiger partial charge in [0, 0.05) is 6.42 Å². The van der Waals surface area contributed by atoms with Crippen LogP contribution >= 0.6 is 0 Å². The molecule has 1 N–H and O–H groups in total. The molecule has 0 unspecified atom stereocenters.